The van der Waals surface area contributed by atoms with Crippen LogP contribution in [0, 0.1) is 0 Å². The Morgan fingerprint density at radius 1 is 0.852 bits per heavy atom. The molecule has 0 aliphatic carbocycles. The van der Waals surface area contributed by atoms with Crippen molar-refractivity contribution in [2.24, 2.45) is 0 Å². The predicted octanol–water partition coefficient (Wildman–Crippen LogP) is 4.98. The molecular formula is C23H30N2O2. The van der Waals surface area contributed by atoms with E-state index in [1.807, 2.05) is 36.4 Å². The van der Waals surface area contributed by atoms with Crippen LogP contribution in [-0.4, -0.2) is 37.1 Å². The third-order valence-electron chi connectivity index (χ3n) is 4.84. The lowest BCUT2D eigenvalue weighted by atomic mass is 10.1. The van der Waals surface area contributed by atoms with Crippen LogP contribution in [0.1, 0.15) is 43.6 Å². The van der Waals surface area contributed by atoms with E-state index in [2.05, 4.69) is 37.5 Å². The first-order chi connectivity index (χ1) is 13.0. The number of aromatic hydroxyl groups is 1. The molecule has 4 heteroatoms. The highest BCUT2D eigenvalue weighted by Crippen LogP contribution is 2.26. The first-order valence-corrected chi connectivity index (χ1v) is 9.69. The topological polar surface area (TPSA) is 43.8 Å². The molecule has 0 atom stereocenters. The van der Waals surface area contributed by atoms with E-state index >= 15 is 0 Å². The molecule has 0 aliphatic heterocycles. The van der Waals surface area contributed by atoms with Crippen molar-refractivity contribution >= 4 is 23.2 Å². The molecule has 0 spiro atoms. The highest BCUT2D eigenvalue weighted by Gasteiger charge is 2.07. The van der Waals surface area contributed by atoms with E-state index in [0.717, 1.165) is 37.6 Å². The van der Waals surface area contributed by atoms with Gasteiger partial charge < -0.3 is 14.9 Å². The molecule has 144 valence electrons. The SMILES string of the molecule is CCN(CC)c1ccc(C(=O)/C=C/c2ccc(N(CC)CC)cc2O)cc1. The van der Waals surface area contributed by atoms with Gasteiger partial charge in [0, 0.05) is 54.7 Å². The van der Waals surface area contributed by atoms with Crippen LogP contribution in [0.2, 0.25) is 0 Å². The second-order valence-electron chi connectivity index (χ2n) is 6.33. The van der Waals surface area contributed by atoms with E-state index in [0.29, 0.717) is 11.1 Å². The molecule has 2 aromatic carbocycles. The van der Waals surface area contributed by atoms with Gasteiger partial charge in [-0.05, 0) is 76.2 Å². The minimum absolute atomic E-state index is 0.0756. The average molecular weight is 367 g/mol. The van der Waals surface area contributed by atoms with Crippen molar-refractivity contribution in [3.63, 3.8) is 0 Å². The summed E-state index contributed by atoms with van der Waals surface area (Å²) in [6.07, 6.45) is 3.18. The van der Waals surface area contributed by atoms with Gasteiger partial charge in [-0.2, -0.15) is 0 Å². The first-order valence-electron chi connectivity index (χ1n) is 9.69. The van der Waals surface area contributed by atoms with Crippen molar-refractivity contribution in [1.29, 1.82) is 0 Å². The molecule has 2 aromatic rings. The first kappa shape index (κ1) is 20.6. The van der Waals surface area contributed by atoms with Gasteiger partial charge >= 0.3 is 0 Å². The Morgan fingerprint density at radius 3 is 1.89 bits per heavy atom. The summed E-state index contributed by atoms with van der Waals surface area (Å²) in [4.78, 5) is 16.8. The highest BCUT2D eigenvalue weighted by molar-refractivity contribution is 6.07. The molecule has 0 amide bonds. The summed E-state index contributed by atoms with van der Waals surface area (Å²) in [5.41, 5.74) is 3.37. The summed E-state index contributed by atoms with van der Waals surface area (Å²) in [6.45, 7) is 12.0. The average Bonchev–Trinajstić information content (AvgIpc) is 2.69. The van der Waals surface area contributed by atoms with Gasteiger partial charge in [-0.15, -0.1) is 0 Å². The Kier molecular flexibility index (Phi) is 7.47. The van der Waals surface area contributed by atoms with Crippen molar-refractivity contribution in [3.05, 3.63) is 59.7 Å². The number of rotatable bonds is 9. The molecule has 0 saturated carbocycles. The highest BCUT2D eigenvalue weighted by atomic mass is 16.3. The predicted molar refractivity (Wildman–Crippen MR) is 115 cm³/mol. The number of ketones is 1. The smallest absolute Gasteiger partial charge is 0.185 e. The summed E-state index contributed by atoms with van der Waals surface area (Å²) >= 11 is 0. The molecule has 0 saturated heterocycles. The number of nitrogens with zero attached hydrogens (tertiary/aromatic N) is 2. The molecule has 0 fully saturated rings. The lowest BCUT2D eigenvalue weighted by molar-refractivity contribution is 0.104. The number of benzene rings is 2. The van der Waals surface area contributed by atoms with Gasteiger partial charge in [0.25, 0.3) is 0 Å². The maximum Gasteiger partial charge on any atom is 0.185 e. The van der Waals surface area contributed by atoms with Crippen molar-refractivity contribution < 1.29 is 9.90 Å². The van der Waals surface area contributed by atoms with Gasteiger partial charge in [-0.25, -0.2) is 0 Å². The van der Waals surface area contributed by atoms with E-state index < -0.39 is 0 Å². The molecule has 1 N–H and O–H groups in total. The van der Waals surface area contributed by atoms with Crippen LogP contribution in [0.5, 0.6) is 5.75 Å². The maximum atomic E-state index is 12.4. The number of hydrogen-bond donors (Lipinski definition) is 1. The number of phenols is 1. The third-order valence-corrected chi connectivity index (χ3v) is 4.84. The largest absolute Gasteiger partial charge is 0.507 e. The fourth-order valence-electron chi connectivity index (χ4n) is 3.15. The molecule has 0 radical (unpaired) electrons. The van der Waals surface area contributed by atoms with Crippen LogP contribution in [0.3, 0.4) is 0 Å². The van der Waals surface area contributed by atoms with Gasteiger partial charge in [0.2, 0.25) is 0 Å². The summed E-state index contributed by atoms with van der Waals surface area (Å²) in [5, 5.41) is 10.3. The van der Waals surface area contributed by atoms with Crippen LogP contribution in [0.15, 0.2) is 48.5 Å². The molecule has 2 rings (SSSR count). The third kappa shape index (κ3) is 5.13. The Hall–Kier alpha value is -2.75. The van der Waals surface area contributed by atoms with Crippen LogP contribution in [0.25, 0.3) is 6.08 Å². The van der Waals surface area contributed by atoms with Gasteiger partial charge in [-0.3, -0.25) is 4.79 Å². The van der Waals surface area contributed by atoms with E-state index in [-0.39, 0.29) is 11.5 Å². The maximum absolute atomic E-state index is 12.4. The second-order valence-corrected chi connectivity index (χ2v) is 6.33. The Morgan fingerprint density at radius 2 is 1.37 bits per heavy atom. The zero-order chi connectivity index (χ0) is 19.8. The second kappa shape index (κ2) is 9.81. The monoisotopic (exact) mass is 366 g/mol. The number of carbonyl (C=O) groups is 1. The fourth-order valence-corrected chi connectivity index (χ4v) is 3.15. The van der Waals surface area contributed by atoms with Crippen molar-refractivity contribution in [2.75, 3.05) is 36.0 Å². The molecule has 0 aliphatic rings. The number of carbonyl (C=O) groups excluding carboxylic acids is 1. The van der Waals surface area contributed by atoms with E-state index in [1.165, 1.54) is 6.08 Å². The molecule has 27 heavy (non-hydrogen) atoms. The summed E-state index contributed by atoms with van der Waals surface area (Å²) < 4.78 is 0. The van der Waals surface area contributed by atoms with Crippen LogP contribution in [0.4, 0.5) is 11.4 Å². The molecular weight excluding hydrogens is 336 g/mol. The standard InChI is InChI=1S/C23H30N2O2/c1-5-24(6-2)20-13-9-18(10-14-20)22(26)16-12-19-11-15-21(17-23(19)27)25(7-3)8-4/h9-17,27H,5-8H2,1-4H3/b16-12+. The Bertz CT molecular complexity index is 773. The number of anilines is 2. The lowest BCUT2D eigenvalue weighted by Gasteiger charge is -2.21. The fraction of sp³-hybridized carbons (Fsp3) is 0.348. The van der Waals surface area contributed by atoms with E-state index in [9.17, 15) is 9.90 Å². The normalized spacial score (nSPS) is 11.0. The van der Waals surface area contributed by atoms with Gasteiger partial charge in [-0.1, -0.05) is 0 Å². The van der Waals surface area contributed by atoms with Crippen molar-refractivity contribution in [2.45, 2.75) is 27.7 Å². The minimum atomic E-state index is -0.0756. The molecule has 0 aromatic heterocycles. The van der Waals surface area contributed by atoms with Crippen LogP contribution >= 0.6 is 0 Å². The molecule has 0 bridgehead atoms. The zero-order valence-electron chi connectivity index (χ0n) is 16.8. The van der Waals surface area contributed by atoms with E-state index in [1.54, 1.807) is 12.1 Å². The number of hydrogen-bond acceptors (Lipinski definition) is 4. The summed E-state index contributed by atoms with van der Waals surface area (Å²) in [6, 6.07) is 13.2. The van der Waals surface area contributed by atoms with Gasteiger partial charge in [0.15, 0.2) is 5.78 Å². The molecule has 0 unspecified atom stereocenters. The minimum Gasteiger partial charge on any atom is -0.507 e. The van der Waals surface area contributed by atoms with Crippen molar-refractivity contribution in [1.82, 2.24) is 0 Å². The van der Waals surface area contributed by atoms with E-state index in [4.69, 9.17) is 0 Å². The van der Waals surface area contributed by atoms with Crippen LogP contribution in [-0.2, 0) is 0 Å². The summed E-state index contributed by atoms with van der Waals surface area (Å²) in [5.74, 6) is 0.105. The molecule has 0 heterocycles. The molecule has 4 nitrogen and oxygen atoms in total. The Labute approximate surface area is 162 Å². The Balaban J connectivity index is 2.12. The summed E-state index contributed by atoms with van der Waals surface area (Å²) in [7, 11) is 0. The van der Waals surface area contributed by atoms with Gasteiger partial charge in [0.1, 0.15) is 5.75 Å². The lowest BCUT2D eigenvalue weighted by Crippen LogP contribution is -2.21. The van der Waals surface area contributed by atoms with Gasteiger partial charge in [0.05, 0.1) is 0 Å². The van der Waals surface area contributed by atoms with Crippen molar-refractivity contribution in [3.8, 4) is 5.75 Å². The zero-order valence-corrected chi connectivity index (χ0v) is 16.8. The van der Waals surface area contributed by atoms with Crippen LogP contribution < -0.4 is 9.80 Å². The quantitative estimate of drug-likeness (QED) is 0.502. The number of phenolic OH excluding ortho intramolecular Hbond substituents is 1. The number of allylic oxidation sites excluding steroid dienone is 1.